The van der Waals surface area contributed by atoms with Gasteiger partial charge in [0.15, 0.2) is 5.76 Å². The lowest BCUT2D eigenvalue weighted by atomic mass is 10.00. The van der Waals surface area contributed by atoms with E-state index in [4.69, 9.17) is 23.4 Å². The summed E-state index contributed by atoms with van der Waals surface area (Å²) in [7, 11) is 6.16. The maximum atomic E-state index is 13.0. The van der Waals surface area contributed by atoms with Gasteiger partial charge in [0.25, 0.3) is 0 Å². The summed E-state index contributed by atoms with van der Waals surface area (Å²) in [6, 6.07) is 15.8. The number of methoxy groups -OCH3 is 4. The fraction of sp³-hybridized carbons (Fsp3) is 0.148. The van der Waals surface area contributed by atoms with Crippen molar-refractivity contribution in [2.24, 2.45) is 0 Å². The minimum atomic E-state index is -0.571. The van der Waals surface area contributed by atoms with Crippen LogP contribution in [0.2, 0.25) is 0 Å². The zero-order chi connectivity index (χ0) is 24.2. The SMILES string of the molecule is COc1ccc(C=Cc2cc(OC)cc(OC)c2-c2oc3ccc(OC)cc3c(=O)c2O)cc1. The number of fused-ring (bicyclic) bond motifs is 1. The molecule has 0 aliphatic rings. The number of hydrogen-bond donors (Lipinski definition) is 1. The summed E-state index contributed by atoms with van der Waals surface area (Å²) in [5.41, 5.74) is 1.70. The first-order valence-electron chi connectivity index (χ1n) is 10.4. The average molecular weight is 460 g/mol. The predicted octanol–water partition coefficient (Wildman–Crippen LogP) is 5.37. The summed E-state index contributed by atoms with van der Waals surface area (Å²) >= 11 is 0. The van der Waals surface area contributed by atoms with Crippen LogP contribution in [0.15, 0.2) is 63.8 Å². The molecule has 1 N–H and O–H groups in total. The molecule has 0 amide bonds. The fourth-order valence-electron chi connectivity index (χ4n) is 3.63. The van der Waals surface area contributed by atoms with Crippen molar-refractivity contribution in [2.75, 3.05) is 28.4 Å². The van der Waals surface area contributed by atoms with E-state index < -0.39 is 11.2 Å². The molecule has 0 aliphatic heterocycles. The molecule has 4 aromatic rings. The zero-order valence-corrected chi connectivity index (χ0v) is 19.2. The van der Waals surface area contributed by atoms with Gasteiger partial charge in [-0.1, -0.05) is 24.3 Å². The van der Waals surface area contributed by atoms with Gasteiger partial charge in [-0.3, -0.25) is 4.79 Å². The van der Waals surface area contributed by atoms with Crippen molar-refractivity contribution in [1.29, 1.82) is 0 Å². The lowest BCUT2D eigenvalue weighted by Gasteiger charge is -2.15. The van der Waals surface area contributed by atoms with Crippen molar-refractivity contribution >= 4 is 23.1 Å². The summed E-state index contributed by atoms with van der Waals surface area (Å²) < 4.78 is 27.4. The van der Waals surface area contributed by atoms with Gasteiger partial charge in [-0.25, -0.2) is 0 Å². The van der Waals surface area contributed by atoms with Gasteiger partial charge in [-0.05, 0) is 47.5 Å². The molecule has 1 aromatic heterocycles. The Morgan fingerprint density at radius 1 is 0.765 bits per heavy atom. The normalized spacial score (nSPS) is 11.1. The first-order chi connectivity index (χ1) is 16.5. The summed E-state index contributed by atoms with van der Waals surface area (Å²) in [4.78, 5) is 13.0. The van der Waals surface area contributed by atoms with Crippen LogP contribution in [0.1, 0.15) is 11.1 Å². The molecule has 0 saturated heterocycles. The third kappa shape index (κ3) is 4.28. The maximum absolute atomic E-state index is 13.0. The van der Waals surface area contributed by atoms with Crippen LogP contribution in [0, 0.1) is 0 Å². The highest BCUT2D eigenvalue weighted by Crippen LogP contribution is 2.42. The minimum Gasteiger partial charge on any atom is -0.502 e. The van der Waals surface area contributed by atoms with E-state index in [0.717, 1.165) is 11.3 Å². The van der Waals surface area contributed by atoms with E-state index in [1.807, 2.05) is 36.4 Å². The van der Waals surface area contributed by atoms with Crippen LogP contribution in [-0.2, 0) is 0 Å². The molecule has 0 spiro atoms. The molecular formula is C27H24O7. The van der Waals surface area contributed by atoms with E-state index in [2.05, 4.69) is 0 Å². The Balaban J connectivity index is 1.93. The highest BCUT2D eigenvalue weighted by molar-refractivity contribution is 5.89. The Bertz CT molecular complexity index is 1420. The first-order valence-corrected chi connectivity index (χ1v) is 10.4. The molecule has 4 rings (SSSR count). The number of ether oxygens (including phenoxy) is 4. The lowest BCUT2D eigenvalue weighted by molar-refractivity contribution is 0.393. The van der Waals surface area contributed by atoms with Crippen molar-refractivity contribution in [3.8, 4) is 40.1 Å². The van der Waals surface area contributed by atoms with Gasteiger partial charge >= 0.3 is 0 Å². The molecule has 3 aromatic carbocycles. The van der Waals surface area contributed by atoms with Gasteiger partial charge in [0.05, 0.1) is 39.4 Å². The largest absolute Gasteiger partial charge is 0.502 e. The van der Waals surface area contributed by atoms with Crippen molar-refractivity contribution in [1.82, 2.24) is 0 Å². The molecule has 0 unspecified atom stereocenters. The molecule has 0 saturated carbocycles. The molecule has 1 heterocycles. The van der Waals surface area contributed by atoms with Crippen LogP contribution in [0.5, 0.6) is 28.7 Å². The zero-order valence-electron chi connectivity index (χ0n) is 19.2. The molecule has 0 fully saturated rings. The van der Waals surface area contributed by atoms with Crippen molar-refractivity contribution in [3.63, 3.8) is 0 Å². The quantitative estimate of drug-likeness (QED) is 0.371. The maximum Gasteiger partial charge on any atom is 0.235 e. The molecule has 174 valence electrons. The molecule has 7 heteroatoms. The monoisotopic (exact) mass is 460 g/mol. The molecule has 34 heavy (non-hydrogen) atoms. The molecule has 7 nitrogen and oxygen atoms in total. The van der Waals surface area contributed by atoms with E-state index in [9.17, 15) is 9.90 Å². The van der Waals surface area contributed by atoms with Crippen molar-refractivity contribution in [2.45, 2.75) is 0 Å². The highest BCUT2D eigenvalue weighted by atomic mass is 16.5. The summed E-state index contributed by atoms with van der Waals surface area (Å²) in [5, 5.41) is 11.1. The third-order valence-electron chi connectivity index (χ3n) is 5.43. The topological polar surface area (TPSA) is 87.4 Å². The van der Waals surface area contributed by atoms with Crippen LogP contribution in [-0.4, -0.2) is 33.5 Å². The van der Waals surface area contributed by atoms with Gasteiger partial charge in [-0.15, -0.1) is 0 Å². The van der Waals surface area contributed by atoms with Crippen LogP contribution in [0.25, 0.3) is 34.4 Å². The van der Waals surface area contributed by atoms with Gasteiger partial charge < -0.3 is 28.5 Å². The first kappa shape index (κ1) is 22.8. The minimum absolute atomic E-state index is 0.00319. The van der Waals surface area contributed by atoms with Crippen LogP contribution in [0.3, 0.4) is 0 Å². The van der Waals surface area contributed by atoms with Gasteiger partial charge in [0.2, 0.25) is 11.2 Å². The number of aromatic hydroxyl groups is 1. The van der Waals surface area contributed by atoms with E-state index in [1.165, 1.54) is 20.3 Å². The Morgan fingerprint density at radius 2 is 1.44 bits per heavy atom. The number of rotatable bonds is 7. The Morgan fingerprint density at radius 3 is 2.09 bits per heavy atom. The van der Waals surface area contributed by atoms with E-state index >= 15 is 0 Å². The standard InChI is InChI=1S/C27H24O7/c1-30-18-9-6-16(7-10-18)5-8-17-13-20(32-3)15-23(33-4)24(17)27-26(29)25(28)21-14-19(31-2)11-12-22(21)34-27/h5-15,29H,1-4H3. The number of benzene rings is 3. The van der Waals surface area contributed by atoms with Crippen LogP contribution >= 0.6 is 0 Å². The van der Waals surface area contributed by atoms with Gasteiger partial charge in [0, 0.05) is 6.07 Å². The molecule has 0 aliphatic carbocycles. The van der Waals surface area contributed by atoms with Gasteiger partial charge in [-0.2, -0.15) is 0 Å². The summed E-state index contributed by atoms with van der Waals surface area (Å²) in [5.74, 6) is 1.62. The Kier molecular flexibility index (Phi) is 6.45. The lowest BCUT2D eigenvalue weighted by Crippen LogP contribution is -2.04. The Hall–Kier alpha value is -4.39. The molecule has 0 bridgehead atoms. The third-order valence-corrected chi connectivity index (χ3v) is 5.43. The van der Waals surface area contributed by atoms with Crippen molar-refractivity contribution in [3.05, 3.63) is 75.9 Å². The molecule has 0 radical (unpaired) electrons. The fourth-order valence-corrected chi connectivity index (χ4v) is 3.63. The number of hydrogen-bond acceptors (Lipinski definition) is 7. The van der Waals surface area contributed by atoms with Gasteiger partial charge in [0.1, 0.15) is 28.6 Å². The highest BCUT2D eigenvalue weighted by Gasteiger charge is 2.22. The second-order valence-electron chi connectivity index (χ2n) is 7.37. The molecular weight excluding hydrogens is 436 g/mol. The average Bonchev–Trinajstić information content (AvgIpc) is 2.89. The second-order valence-corrected chi connectivity index (χ2v) is 7.37. The Labute approximate surface area is 196 Å². The van der Waals surface area contributed by atoms with Crippen LogP contribution < -0.4 is 24.4 Å². The second kappa shape index (κ2) is 9.62. The smallest absolute Gasteiger partial charge is 0.235 e. The summed E-state index contributed by atoms with van der Waals surface area (Å²) in [6.07, 6.45) is 3.72. The van der Waals surface area contributed by atoms with E-state index in [0.29, 0.717) is 34.0 Å². The van der Waals surface area contributed by atoms with E-state index in [-0.39, 0.29) is 11.1 Å². The predicted molar refractivity (Wildman–Crippen MR) is 131 cm³/mol. The van der Waals surface area contributed by atoms with Crippen molar-refractivity contribution < 1.29 is 28.5 Å². The summed E-state index contributed by atoms with van der Waals surface area (Å²) in [6.45, 7) is 0. The molecule has 0 atom stereocenters. The van der Waals surface area contributed by atoms with Crippen LogP contribution in [0.4, 0.5) is 0 Å². The van der Waals surface area contributed by atoms with E-state index in [1.54, 1.807) is 38.5 Å².